The van der Waals surface area contributed by atoms with E-state index in [2.05, 4.69) is 4.98 Å². The van der Waals surface area contributed by atoms with Gasteiger partial charge in [-0.1, -0.05) is 0 Å². The van der Waals surface area contributed by atoms with Gasteiger partial charge in [-0.15, -0.1) is 0 Å². The van der Waals surface area contributed by atoms with E-state index in [1.54, 1.807) is 16.7 Å². The fraction of sp³-hybridized carbons (Fsp3) is 0.364. The molecular weight excluding hydrogens is 240 g/mol. The Hall–Kier alpha value is -1.56. The summed E-state index contributed by atoms with van der Waals surface area (Å²) in [5.41, 5.74) is 1.23. The normalized spacial score (nSPS) is 23.2. The van der Waals surface area contributed by atoms with E-state index in [-0.39, 0.29) is 11.5 Å². The Bertz CT molecular complexity index is 675. The van der Waals surface area contributed by atoms with Crippen molar-refractivity contribution in [3.8, 4) is 5.75 Å². The maximum absolute atomic E-state index is 11.8. The number of imidazole rings is 1. The van der Waals surface area contributed by atoms with Gasteiger partial charge in [-0.2, -0.15) is 0 Å². The maximum atomic E-state index is 11.8. The van der Waals surface area contributed by atoms with Crippen LogP contribution in [0.5, 0.6) is 5.75 Å². The summed E-state index contributed by atoms with van der Waals surface area (Å²) in [6.45, 7) is 0. The van der Waals surface area contributed by atoms with E-state index in [4.69, 9.17) is 0 Å². The Kier molecular flexibility index (Phi) is 2.16. The van der Waals surface area contributed by atoms with Gasteiger partial charge in [0.05, 0.1) is 17.6 Å². The van der Waals surface area contributed by atoms with Crippen LogP contribution in [0.15, 0.2) is 24.5 Å². The van der Waals surface area contributed by atoms with Crippen molar-refractivity contribution in [2.24, 2.45) is 0 Å². The molecule has 3 rings (SSSR count). The van der Waals surface area contributed by atoms with Crippen molar-refractivity contribution >= 4 is 15.5 Å². The minimum absolute atomic E-state index is 0.135. The minimum Gasteiger partial charge on any atom is -0.506 e. The monoisotopic (exact) mass is 252 g/mol. The second-order valence-electron chi connectivity index (χ2n) is 4.32. The Labute approximate surface area is 98.6 Å². The fourth-order valence-electron chi connectivity index (χ4n) is 2.28. The lowest BCUT2D eigenvalue weighted by atomic mass is 10.2. The van der Waals surface area contributed by atoms with E-state index in [1.807, 2.05) is 0 Å². The van der Waals surface area contributed by atoms with E-state index in [1.165, 1.54) is 12.3 Å². The number of fused-ring (bicyclic) bond motifs is 1. The first-order valence-corrected chi connectivity index (χ1v) is 7.17. The molecule has 1 atom stereocenters. The summed E-state index contributed by atoms with van der Waals surface area (Å²) in [5, 5.41) is 8.86. The molecule has 0 amide bonds. The Morgan fingerprint density at radius 3 is 2.88 bits per heavy atom. The molecule has 90 valence electrons. The van der Waals surface area contributed by atoms with Crippen LogP contribution < -0.4 is 0 Å². The fourth-order valence-corrected chi connectivity index (χ4v) is 4.14. The quantitative estimate of drug-likeness (QED) is 0.830. The molecular formula is C11H12N2O3S. The smallest absolute Gasteiger partial charge is 0.158 e. The van der Waals surface area contributed by atoms with Crippen molar-refractivity contribution in [1.82, 2.24) is 9.38 Å². The number of pyridine rings is 1. The second-order valence-corrected chi connectivity index (χ2v) is 6.62. The molecule has 0 saturated carbocycles. The highest BCUT2D eigenvalue weighted by atomic mass is 32.2. The zero-order chi connectivity index (χ0) is 12.0. The number of nitrogens with zero attached hydrogens (tertiary/aromatic N) is 2. The molecule has 6 heteroatoms. The first-order chi connectivity index (χ1) is 8.06. The third-order valence-electron chi connectivity index (χ3n) is 3.11. The molecule has 1 saturated heterocycles. The van der Waals surface area contributed by atoms with Crippen LogP contribution in [0.1, 0.15) is 23.8 Å². The van der Waals surface area contributed by atoms with Gasteiger partial charge >= 0.3 is 0 Å². The largest absolute Gasteiger partial charge is 0.506 e. The first kappa shape index (κ1) is 10.6. The summed E-state index contributed by atoms with van der Waals surface area (Å²) >= 11 is 0. The number of hydrogen-bond donors (Lipinski definition) is 1. The van der Waals surface area contributed by atoms with E-state index in [0.717, 1.165) is 0 Å². The average molecular weight is 252 g/mol. The predicted octanol–water partition coefficient (Wildman–Crippen LogP) is 1.29. The predicted molar refractivity (Wildman–Crippen MR) is 62.6 cm³/mol. The highest BCUT2D eigenvalue weighted by Gasteiger charge is 2.34. The third kappa shape index (κ3) is 1.68. The summed E-state index contributed by atoms with van der Waals surface area (Å²) in [4.78, 5) is 4.30. The third-order valence-corrected chi connectivity index (χ3v) is 5.31. The molecule has 1 N–H and O–H groups in total. The Balaban J connectivity index is 2.12. The van der Waals surface area contributed by atoms with Crippen LogP contribution in [0.25, 0.3) is 5.65 Å². The highest BCUT2D eigenvalue weighted by Crippen LogP contribution is 2.34. The van der Waals surface area contributed by atoms with Gasteiger partial charge in [0.15, 0.2) is 9.84 Å². The lowest BCUT2D eigenvalue weighted by Crippen LogP contribution is -2.08. The molecule has 1 aliphatic rings. The summed E-state index contributed by atoms with van der Waals surface area (Å²) in [6, 6.07) is 3.20. The molecule has 1 fully saturated rings. The van der Waals surface area contributed by atoms with Gasteiger partial charge in [0, 0.05) is 6.20 Å². The molecule has 0 radical (unpaired) electrons. The van der Waals surface area contributed by atoms with Crippen molar-refractivity contribution in [2.45, 2.75) is 18.1 Å². The summed E-state index contributed by atoms with van der Waals surface area (Å²) in [7, 11) is -3.04. The lowest BCUT2D eigenvalue weighted by Gasteiger charge is -2.03. The molecule has 2 aromatic heterocycles. The topological polar surface area (TPSA) is 71.7 Å². The van der Waals surface area contributed by atoms with Gasteiger partial charge in [0.25, 0.3) is 0 Å². The van der Waals surface area contributed by atoms with Crippen LogP contribution in [-0.2, 0) is 9.84 Å². The van der Waals surface area contributed by atoms with Gasteiger partial charge in [0.2, 0.25) is 0 Å². The van der Waals surface area contributed by atoms with Gasteiger partial charge in [0.1, 0.15) is 16.6 Å². The van der Waals surface area contributed by atoms with Crippen LogP contribution in [0.4, 0.5) is 0 Å². The van der Waals surface area contributed by atoms with E-state index >= 15 is 0 Å². The molecule has 0 aliphatic carbocycles. The molecule has 0 bridgehead atoms. The van der Waals surface area contributed by atoms with Crippen LogP contribution in [-0.4, -0.2) is 28.7 Å². The molecule has 0 aromatic carbocycles. The van der Waals surface area contributed by atoms with Crippen molar-refractivity contribution in [2.75, 3.05) is 5.75 Å². The molecule has 5 nitrogen and oxygen atoms in total. The molecule has 1 unspecified atom stereocenters. The average Bonchev–Trinajstić information content (AvgIpc) is 2.79. The van der Waals surface area contributed by atoms with Gasteiger partial charge in [-0.3, -0.25) is 0 Å². The maximum Gasteiger partial charge on any atom is 0.158 e. The summed E-state index contributed by atoms with van der Waals surface area (Å²) < 4.78 is 25.3. The Morgan fingerprint density at radius 2 is 2.18 bits per heavy atom. The van der Waals surface area contributed by atoms with Crippen molar-refractivity contribution in [3.05, 3.63) is 30.2 Å². The molecule has 2 aromatic rings. The standard InChI is InChI=1S/C11H12N2O3S/c14-8-3-4-11-12-9(7-13(11)6-8)10-2-1-5-17(10,15)16/h3-4,6-7,10,14H,1-2,5H2. The molecule has 17 heavy (non-hydrogen) atoms. The molecule has 3 heterocycles. The molecule has 1 aliphatic heterocycles. The van der Waals surface area contributed by atoms with Gasteiger partial charge in [-0.05, 0) is 25.0 Å². The lowest BCUT2D eigenvalue weighted by molar-refractivity contribution is 0.472. The second kappa shape index (κ2) is 3.46. The van der Waals surface area contributed by atoms with Gasteiger partial charge in [-0.25, -0.2) is 13.4 Å². The number of sulfone groups is 1. The minimum atomic E-state index is -3.04. The van der Waals surface area contributed by atoms with Crippen molar-refractivity contribution < 1.29 is 13.5 Å². The SMILES string of the molecule is O=S1(=O)CCCC1c1cn2cc(O)ccc2n1. The van der Waals surface area contributed by atoms with Crippen molar-refractivity contribution in [3.63, 3.8) is 0 Å². The highest BCUT2D eigenvalue weighted by molar-refractivity contribution is 7.91. The van der Waals surface area contributed by atoms with E-state index < -0.39 is 15.1 Å². The summed E-state index contributed by atoms with van der Waals surface area (Å²) in [6.07, 6.45) is 4.54. The van der Waals surface area contributed by atoms with Gasteiger partial charge < -0.3 is 9.51 Å². The summed E-state index contributed by atoms with van der Waals surface area (Å²) in [5.74, 6) is 0.382. The van der Waals surface area contributed by atoms with Crippen molar-refractivity contribution in [1.29, 1.82) is 0 Å². The Morgan fingerprint density at radius 1 is 1.35 bits per heavy atom. The molecule has 0 spiro atoms. The van der Waals surface area contributed by atoms with E-state index in [9.17, 15) is 13.5 Å². The first-order valence-electron chi connectivity index (χ1n) is 5.45. The zero-order valence-corrected chi connectivity index (χ0v) is 9.89. The van der Waals surface area contributed by atoms with E-state index in [0.29, 0.717) is 24.2 Å². The number of hydrogen-bond acceptors (Lipinski definition) is 4. The number of aromatic hydroxyl groups is 1. The van der Waals surface area contributed by atoms with Crippen LogP contribution in [0.3, 0.4) is 0 Å². The number of rotatable bonds is 1. The van der Waals surface area contributed by atoms with Crippen LogP contribution >= 0.6 is 0 Å². The zero-order valence-electron chi connectivity index (χ0n) is 9.07. The van der Waals surface area contributed by atoms with Crippen LogP contribution in [0.2, 0.25) is 0 Å². The van der Waals surface area contributed by atoms with Crippen LogP contribution in [0, 0.1) is 0 Å². The number of aromatic nitrogens is 2.